The molecule has 0 bridgehead atoms. The molecule has 13 heavy (non-hydrogen) atoms. The molecule has 2 rings (SSSR count). The molecule has 3 heteroatoms. The third-order valence-corrected chi connectivity index (χ3v) is 3.17. The van der Waals surface area contributed by atoms with Gasteiger partial charge in [-0.3, -0.25) is 10.1 Å². The van der Waals surface area contributed by atoms with Gasteiger partial charge in [0.05, 0.1) is 0 Å². The fraction of sp³-hybridized carbons (Fsp3) is 0.900. The highest BCUT2D eigenvalue weighted by molar-refractivity contribution is 5.79. The summed E-state index contributed by atoms with van der Waals surface area (Å²) in [5.41, 5.74) is -0.570. The van der Waals surface area contributed by atoms with Gasteiger partial charge >= 0.3 is 5.97 Å². The van der Waals surface area contributed by atoms with Crippen molar-refractivity contribution in [1.82, 2.24) is 5.32 Å². The number of hydrogen-bond donors (Lipinski definition) is 2. The minimum Gasteiger partial charge on any atom is -0.480 e. The van der Waals surface area contributed by atoms with Gasteiger partial charge in [-0.05, 0) is 25.7 Å². The number of aliphatic carboxylic acids is 1. The van der Waals surface area contributed by atoms with E-state index < -0.39 is 11.5 Å². The average molecular weight is 183 g/mol. The molecular formula is C10H17NO2. The second-order valence-electron chi connectivity index (χ2n) is 4.37. The molecule has 0 aromatic rings. The first-order chi connectivity index (χ1) is 6.23. The predicted octanol–water partition coefficient (Wildman–Crippen LogP) is 1.53. The molecular weight excluding hydrogens is 166 g/mol. The number of carbonyl (C=O) groups is 1. The first-order valence-electron chi connectivity index (χ1n) is 5.24. The quantitative estimate of drug-likeness (QED) is 0.697. The average Bonchev–Trinajstić information content (AvgIpc) is 2.90. The Morgan fingerprint density at radius 3 is 2.31 bits per heavy atom. The summed E-state index contributed by atoms with van der Waals surface area (Å²) in [5, 5.41) is 12.5. The highest BCUT2D eigenvalue weighted by atomic mass is 16.4. The van der Waals surface area contributed by atoms with Crippen molar-refractivity contribution >= 4 is 5.97 Å². The van der Waals surface area contributed by atoms with Gasteiger partial charge in [0.15, 0.2) is 0 Å². The van der Waals surface area contributed by atoms with Crippen molar-refractivity contribution in [3.63, 3.8) is 0 Å². The second-order valence-corrected chi connectivity index (χ2v) is 4.37. The van der Waals surface area contributed by atoms with Gasteiger partial charge in [-0.15, -0.1) is 0 Å². The lowest BCUT2D eigenvalue weighted by Gasteiger charge is -2.34. The van der Waals surface area contributed by atoms with Crippen molar-refractivity contribution in [2.45, 2.75) is 56.5 Å². The van der Waals surface area contributed by atoms with Crippen LogP contribution in [0.2, 0.25) is 0 Å². The maximum absolute atomic E-state index is 11.2. The van der Waals surface area contributed by atoms with Crippen molar-refractivity contribution in [3.8, 4) is 0 Å². The van der Waals surface area contributed by atoms with Gasteiger partial charge in [0, 0.05) is 6.04 Å². The van der Waals surface area contributed by atoms with Gasteiger partial charge in [-0.25, -0.2) is 0 Å². The van der Waals surface area contributed by atoms with Crippen LogP contribution in [0.1, 0.15) is 44.9 Å². The van der Waals surface area contributed by atoms with Crippen molar-refractivity contribution in [1.29, 1.82) is 0 Å². The van der Waals surface area contributed by atoms with Crippen molar-refractivity contribution in [3.05, 3.63) is 0 Å². The van der Waals surface area contributed by atoms with E-state index in [9.17, 15) is 9.90 Å². The van der Waals surface area contributed by atoms with Crippen LogP contribution in [0.15, 0.2) is 0 Å². The molecule has 0 unspecified atom stereocenters. The summed E-state index contributed by atoms with van der Waals surface area (Å²) < 4.78 is 0. The summed E-state index contributed by atoms with van der Waals surface area (Å²) in [7, 11) is 0. The maximum Gasteiger partial charge on any atom is 0.323 e. The van der Waals surface area contributed by atoms with Gasteiger partial charge in [0.25, 0.3) is 0 Å². The molecule has 2 aliphatic rings. The molecule has 0 radical (unpaired) electrons. The van der Waals surface area contributed by atoms with Gasteiger partial charge < -0.3 is 5.11 Å². The number of carboxylic acids is 1. The zero-order valence-electron chi connectivity index (χ0n) is 7.88. The lowest BCUT2D eigenvalue weighted by atomic mass is 9.81. The van der Waals surface area contributed by atoms with Crippen LogP contribution in [-0.2, 0) is 4.79 Å². The van der Waals surface area contributed by atoms with Crippen LogP contribution in [-0.4, -0.2) is 22.7 Å². The molecule has 0 aliphatic heterocycles. The van der Waals surface area contributed by atoms with Crippen molar-refractivity contribution in [2.24, 2.45) is 0 Å². The monoisotopic (exact) mass is 183 g/mol. The summed E-state index contributed by atoms with van der Waals surface area (Å²) in [5.74, 6) is -0.640. The number of nitrogens with one attached hydrogen (secondary N) is 1. The van der Waals surface area contributed by atoms with Crippen LogP contribution in [0, 0.1) is 0 Å². The van der Waals surface area contributed by atoms with E-state index in [-0.39, 0.29) is 0 Å². The lowest BCUT2D eigenvalue weighted by molar-refractivity contribution is -0.146. The van der Waals surface area contributed by atoms with Crippen molar-refractivity contribution < 1.29 is 9.90 Å². The predicted molar refractivity (Wildman–Crippen MR) is 49.6 cm³/mol. The molecule has 74 valence electrons. The molecule has 2 aliphatic carbocycles. The number of hydrogen-bond acceptors (Lipinski definition) is 2. The Morgan fingerprint density at radius 1 is 1.23 bits per heavy atom. The maximum atomic E-state index is 11.2. The smallest absolute Gasteiger partial charge is 0.323 e. The van der Waals surface area contributed by atoms with Crippen LogP contribution in [0.5, 0.6) is 0 Å². The molecule has 0 aromatic carbocycles. The summed E-state index contributed by atoms with van der Waals surface area (Å²) in [6.07, 6.45) is 7.28. The summed E-state index contributed by atoms with van der Waals surface area (Å²) in [4.78, 5) is 11.2. The van der Waals surface area contributed by atoms with Gasteiger partial charge in [-0.1, -0.05) is 19.3 Å². The molecule has 0 aromatic heterocycles. The fourth-order valence-corrected chi connectivity index (χ4v) is 2.19. The zero-order chi connectivity index (χ0) is 9.31. The van der Waals surface area contributed by atoms with E-state index in [1.807, 2.05) is 0 Å². The minimum absolute atomic E-state index is 0.495. The highest BCUT2D eigenvalue weighted by Crippen LogP contribution is 2.32. The Labute approximate surface area is 78.5 Å². The third-order valence-electron chi connectivity index (χ3n) is 3.17. The van der Waals surface area contributed by atoms with Gasteiger partial charge in [0.2, 0.25) is 0 Å². The van der Waals surface area contributed by atoms with Crippen LogP contribution < -0.4 is 5.32 Å². The first-order valence-corrected chi connectivity index (χ1v) is 5.24. The molecule has 2 N–H and O–H groups in total. The molecule has 0 saturated heterocycles. The number of carboxylic acid groups (broad SMARTS) is 1. The Hall–Kier alpha value is -0.570. The zero-order valence-corrected chi connectivity index (χ0v) is 7.88. The molecule has 0 amide bonds. The van der Waals surface area contributed by atoms with E-state index in [0.29, 0.717) is 6.04 Å². The van der Waals surface area contributed by atoms with E-state index in [0.717, 1.165) is 38.5 Å². The Morgan fingerprint density at radius 2 is 1.85 bits per heavy atom. The van der Waals surface area contributed by atoms with E-state index in [4.69, 9.17) is 0 Å². The van der Waals surface area contributed by atoms with Crippen LogP contribution >= 0.6 is 0 Å². The largest absolute Gasteiger partial charge is 0.480 e. The van der Waals surface area contributed by atoms with E-state index >= 15 is 0 Å². The summed E-state index contributed by atoms with van der Waals surface area (Å²) in [6, 6.07) is 0.495. The van der Waals surface area contributed by atoms with Crippen LogP contribution in [0.4, 0.5) is 0 Å². The topological polar surface area (TPSA) is 49.3 Å². The van der Waals surface area contributed by atoms with Crippen LogP contribution in [0.25, 0.3) is 0 Å². The SMILES string of the molecule is O=C(O)C1(NC2CC2)CCCCC1. The standard InChI is InChI=1S/C10H17NO2/c12-9(13)10(11-8-4-5-8)6-2-1-3-7-10/h8,11H,1-7H2,(H,12,13). The number of rotatable bonds is 3. The van der Waals surface area contributed by atoms with Crippen LogP contribution in [0.3, 0.4) is 0 Å². The summed E-state index contributed by atoms with van der Waals surface area (Å²) in [6.45, 7) is 0. The normalized spacial score (nSPS) is 27.1. The molecule has 0 atom stereocenters. The molecule has 0 heterocycles. The van der Waals surface area contributed by atoms with Gasteiger partial charge in [0.1, 0.15) is 5.54 Å². The van der Waals surface area contributed by atoms with E-state index in [1.54, 1.807) is 0 Å². The Balaban J connectivity index is 2.02. The van der Waals surface area contributed by atoms with E-state index in [1.165, 1.54) is 6.42 Å². The molecule has 0 spiro atoms. The summed E-state index contributed by atoms with van der Waals surface area (Å²) >= 11 is 0. The molecule has 2 fully saturated rings. The minimum atomic E-state index is -0.640. The molecule has 3 nitrogen and oxygen atoms in total. The second kappa shape index (κ2) is 3.29. The first kappa shape index (κ1) is 9.00. The third kappa shape index (κ3) is 1.85. The fourth-order valence-electron chi connectivity index (χ4n) is 2.19. The van der Waals surface area contributed by atoms with E-state index in [2.05, 4.69) is 5.32 Å². The molecule has 2 saturated carbocycles. The Bertz CT molecular complexity index is 205. The Kier molecular flexibility index (Phi) is 2.28. The van der Waals surface area contributed by atoms with Gasteiger partial charge in [-0.2, -0.15) is 0 Å². The van der Waals surface area contributed by atoms with Crippen molar-refractivity contribution in [2.75, 3.05) is 0 Å². The lowest BCUT2D eigenvalue weighted by Crippen LogP contribution is -2.54. The highest BCUT2D eigenvalue weighted by Gasteiger charge is 2.42.